The summed E-state index contributed by atoms with van der Waals surface area (Å²) in [5.41, 5.74) is 2.05. The third-order valence-electron chi connectivity index (χ3n) is 5.18. The lowest BCUT2D eigenvalue weighted by Gasteiger charge is -2.46. The van der Waals surface area contributed by atoms with Gasteiger partial charge in [-0.2, -0.15) is 5.10 Å². The maximum absolute atomic E-state index is 12.6. The van der Waals surface area contributed by atoms with Gasteiger partial charge in [0.25, 0.3) is 5.91 Å². The van der Waals surface area contributed by atoms with Gasteiger partial charge in [0.15, 0.2) is 5.69 Å². The normalized spacial score (nSPS) is 24.7. The van der Waals surface area contributed by atoms with Crippen LogP contribution in [-0.4, -0.2) is 57.5 Å². The van der Waals surface area contributed by atoms with Crippen LogP contribution in [0.4, 0.5) is 0 Å². The summed E-state index contributed by atoms with van der Waals surface area (Å²) >= 11 is 0. The van der Waals surface area contributed by atoms with Crippen molar-refractivity contribution in [1.29, 1.82) is 0 Å². The Bertz CT molecular complexity index is 547. The lowest BCUT2D eigenvalue weighted by atomic mass is 9.82. The summed E-state index contributed by atoms with van der Waals surface area (Å²) in [6.07, 6.45) is 3.55. The molecule has 1 amide bonds. The Balaban J connectivity index is 1.68. The Hall–Kier alpha value is -1.40. The van der Waals surface area contributed by atoms with Crippen molar-refractivity contribution in [3.63, 3.8) is 0 Å². The molecule has 2 aliphatic heterocycles. The summed E-state index contributed by atoms with van der Waals surface area (Å²) in [6.45, 7) is 5.92. The van der Waals surface area contributed by atoms with Gasteiger partial charge in [0.1, 0.15) is 0 Å². The number of likely N-dealkylation sites (tertiary alicyclic amines) is 1. The SMILES string of the molecule is CCc1[nH]nc(C(=O)N2CCC3(CC2)OCCCC3O)c1C. The number of nitrogens with one attached hydrogen (secondary N) is 1. The molecule has 0 radical (unpaired) electrons. The van der Waals surface area contributed by atoms with Gasteiger partial charge in [-0.05, 0) is 39.0 Å². The minimum atomic E-state index is -0.440. The molecule has 0 saturated carbocycles. The summed E-state index contributed by atoms with van der Waals surface area (Å²) in [6, 6.07) is 0. The quantitative estimate of drug-likeness (QED) is 0.866. The van der Waals surface area contributed by atoms with E-state index in [1.54, 1.807) is 0 Å². The highest BCUT2D eigenvalue weighted by Crippen LogP contribution is 2.35. The van der Waals surface area contributed by atoms with E-state index in [-0.39, 0.29) is 5.91 Å². The molecule has 2 fully saturated rings. The predicted octanol–water partition coefficient (Wildman–Crippen LogP) is 1.43. The Morgan fingerprint density at radius 3 is 2.82 bits per heavy atom. The number of aliphatic hydroxyl groups excluding tert-OH is 1. The van der Waals surface area contributed by atoms with Crippen LogP contribution >= 0.6 is 0 Å². The summed E-state index contributed by atoms with van der Waals surface area (Å²) in [5, 5.41) is 17.4. The minimum Gasteiger partial charge on any atom is -0.390 e. The molecule has 22 heavy (non-hydrogen) atoms. The zero-order chi connectivity index (χ0) is 15.7. The zero-order valence-corrected chi connectivity index (χ0v) is 13.4. The molecule has 0 aromatic carbocycles. The van der Waals surface area contributed by atoms with Crippen molar-refractivity contribution in [1.82, 2.24) is 15.1 Å². The maximum Gasteiger partial charge on any atom is 0.274 e. The second-order valence-corrected chi connectivity index (χ2v) is 6.39. The molecular formula is C16H25N3O3. The fourth-order valence-electron chi connectivity index (χ4n) is 3.61. The molecule has 0 aliphatic carbocycles. The van der Waals surface area contributed by atoms with E-state index in [1.807, 2.05) is 18.7 Å². The standard InChI is InChI=1S/C16H25N3O3/c1-3-12-11(2)14(18-17-12)15(21)19-8-6-16(7-9-19)13(20)5-4-10-22-16/h13,20H,3-10H2,1-2H3,(H,17,18). The first kappa shape index (κ1) is 15.5. The monoisotopic (exact) mass is 307 g/mol. The maximum atomic E-state index is 12.6. The number of aromatic nitrogens is 2. The van der Waals surface area contributed by atoms with Gasteiger partial charge in [0.2, 0.25) is 0 Å². The third-order valence-corrected chi connectivity index (χ3v) is 5.18. The smallest absolute Gasteiger partial charge is 0.274 e. The molecule has 6 heteroatoms. The van der Waals surface area contributed by atoms with Gasteiger partial charge in [0.05, 0.1) is 11.7 Å². The number of piperidine rings is 1. The predicted molar refractivity (Wildman–Crippen MR) is 81.8 cm³/mol. The van der Waals surface area contributed by atoms with Crippen LogP contribution in [0.15, 0.2) is 0 Å². The Morgan fingerprint density at radius 1 is 1.50 bits per heavy atom. The molecule has 6 nitrogen and oxygen atoms in total. The second kappa shape index (κ2) is 6.01. The summed E-state index contributed by atoms with van der Waals surface area (Å²) in [5.74, 6) is -0.0198. The molecular weight excluding hydrogens is 282 g/mol. The number of nitrogens with zero attached hydrogens (tertiary/aromatic N) is 2. The Kier molecular flexibility index (Phi) is 4.23. The van der Waals surface area contributed by atoms with Gasteiger partial charge in [0, 0.05) is 31.0 Å². The van der Waals surface area contributed by atoms with E-state index in [0.717, 1.165) is 30.5 Å². The number of carbonyl (C=O) groups excluding carboxylic acids is 1. The molecule has 1 spiro atoms. The van der Waals surface area contributed by atoms with Crippen molar-refractivity contribution >= 4 is 5.91 Å². The highest BCUT2D eigenvalue weighted by Gasteiger charge is 2.44. The van der Waals surface area contributed by atoms with Crippen LogP contribution in [0, 0.1) is 6.92 Å². The van der Waals surface area contributed by atoms with Crippen molar-refractivity contribution < 1.29 is 14.6 Å². The number of H-pyrrole nitrogens is 1. The van der Waals surface area contributed by atoms with Crippen LogP contribution in [0.5, 0.6) is 0 Å². The molecule has 0 bridgehead atoms. The molecule has 1 aromatic rings. The van der Waals surface area contributed by atoms with Crippen LogP contribution in [0.1, 0.15) is 54.4 Å². The number of ether oxygens (including phenoxy) is 1. The molecule has 1 unspecified atom stereocenters. The van der Waals surface area contributed by atoms with Gasteiger partial charge in [-0.15, -0.1) is 0 Å². The van der Waals surface area contributed by atoms with Crippen LogP contribution < -0.4 is 0 Å². The average Bonchev–Trinajstić information content (AvgIpc) is 2.91. The molecule has 1 atom stereocenters. The van der Waals surface area contributed by atoms with Crippen molar-refractivity contribution in [3.05, 3.63) is 17.0 Å². The topological polar surface area (TPSA) is 78.5 Å². The number of hydrogen-bond acceptors (Lipinski definition) is 4. The van der Waals surface area contributed by atoms with E-state index < -0.39 is 11.7 Å². The molecule has 2 saturated heterocycles. The summed E-state index contributed by atoms with van der Waals surface area (Å²) in [4.78, 5) is 14.5. The van der Waals surface area contributed by atoms with E-state index >= 15 is 0 Å². The highest BCUT2D eigenvalue weighted by atomic mass is 16.5. The molecule has 2 aliphatic rings. The van der Waals surface area contributed by atoms with E-state index in [0.29, 0.717) is 38.2 Å². The average molecular weight is 307 g/mol. The van der Waals surface area contributed by atoms with Crippen molar-refractivity contribution in [2.75, 3.05) is 19.7 Å². The minimum absolute atomic E-state index is 0.0198. The van der Waals surface area contributed by atoms with Crippen LogP contribution in [0.25, 0.3) is 0 Å². The van der Waals surface area contributed by atoms with E-state index in [4.69, 9.17) is 4.74 Å². The number of hydrogen-bond donors (Lipinski definition) is 2. The lowest BCUT2D eigenvalue weighted by molar-refractivity contribution is -0.174. The number of aliphatic hydroxyl groups is 1. The van der Waals surface area contributed by atoms with Gasteiger partial charge in [-0.25, -0.2) is 0 Å². The van der Waals surface area contributed by atoms with Gasteiger partial charge >= 0.3 is 0 Å². The van der Waals surface area contributed by atoms with Gasteiger partial charge in [-0.1, -0.05) is 6.92 Å². The first-order valence-corrected chi connectivity index (χ1v) is 8.22. The fourth-order valence-corrected chi connectivity index (χ4v) is 3.61. The molecule has 3 rings (SSSR count). The largest absolute Gasteiger partial charge is 0.390 e. The molecule has 1 aromatic heterocycles. The van der Waals surface area contributed by atoms with Crippen molar-refractivity contribution in [2.45, 2.75) is 57.7 Å². The molecule has 2 N–H and O–H groups in total. The van der Waals surface area contributed by atoms with Crippen LogP contribution in [0.3, 0.4) is 0 Å². The molecule has 122 valence electrons. The second-order valence-electron chi connectivity index (χ2n) is 6.39. The van der Waals surface area contributed by atoms with E-state index in [1.165, 1.54) is 0 Å². The van der Waals surface area contributed by atoms with Gasteiger partial charge in [-0.3, -0.25) is 9.89 Å². The first-order chi connectivity index (χ1) is 10.6. The van der Waals surface area contributed by atoms with Crippen LogP contribution in [0.2, 0.25) is 0 Å². The Morgan fingerprint density at radius 2 is 2.23 bits per heavy atom. The fraction of sp³-hybridized carbons (Fsp3) is 0.750. The first-order valence-electron chi connectivity index (χ1n) is 8.22. The van der Waals surface area contributed by atoms with Crippen LogP contribution in [-0.2, 0) is 11.2 Å². The zero-order valence-electron chi connectivity index (χ0n) is 13.4. The number of carbonyl (C=O) groups is 1. The highest BCUT2D eigenvalue weighted by molar-refractivity contribution is 5.94. The van der Waals surface area contributed by atoms with E-state index in [2.05, 4.69) is 10.2 Å². The number of aromatic amines is 1. The number of amides is 1. The third kappa shape index (κ3) is 2.54. The summed E-state index contributed by atoms with van der Waals surface area (Å²) < 4.78 is 5.89. The van der Waals surface area contributed by atoms with Crippen molar-refractivity contribution in [2.24, 2.45) is 0 Å². The Labute approximate surface area is 130 Å². The summed E-state index contributed by atoms with van der Waals surface area (Å²) in [7, 11) is 0. The van der Waals surface area contributed by atoms with Gasteiger partial charge < -0.3 is 14.7 Å². The van der Waals surface area contributed by atoms with Crippen molar-refractivity contribution in [3.8, 4) is 0 Å². The molecule has 3 heterocycles. The number of rotatable bonds is 2. The van der Waals surface area contributed by atoms with E-state index in [9.17, 15) is 9.90 Å². The number of aryl methyl sites for hydroxylation is 1. The lowest BCUT2D eigenvalue weighted by Crippen LogP contribution is -2.56.